The van der Waals surface area contributed by atoms with E-state index in [9.17, 15) is 19.4 Å². The molecule has 292 valence electrons. The van der Waals surface area contributed by atoms with Crippen molar-refractivity contribution in [3.63, 3.8) is 0 Å². The maximum atomic E-state index is 12.7. The van der Waals surface area contributed by atoms with Gasteiger partial charge in [0.2, 0.25) is 5.91 Å². The van der Waals surface area contributed by atoms with Crippen molar-refractivity contribution in [2.45, 2.75) is 187 Å². The molecule has 0 radical (unpaired) electrons. The van der Waals surface area contributed by atoms with E-state index in [1.165, 1.54) is 89.9 Å². The van der Waals surface area contributed by atoms with Crippen molar-refractivity contribution >= 4 is 13.7 Å². The van der Waals surface area contributed by atoms with Gasteiger partial charge in [0.15, 0.2) is 0 Å². The first-order valence-corrected chi connectivity index (χ1v) is 21.8. The van der Waals surface area contributed by atoms with Crippen LogP contribution in [-0.4, -0.2) is 47.8 Å². The predicted molar refractivity (Wildman–Crippen MR) is 212 cm³/mol. The number of allylic oxidation sites excluding steroid dienone is 7. The molecule has 8 nitrogen and oxygen atoms in total. The van der Waals surface area contributed by atoms with Gasteiger partial charge in [-0.3, -0.25) is 13.8 Å². The highest BCUT2D eigenvalue weighted by Crippen LogP contribution is 2.43. The van der Waals surface area contributed by atoms with E-state index in [0.717, 1.165) is 64.2 Å². The van der Waals surface area contributed by atoms with Crippen molar-refractivity contribution < 1.29 is 28.4 Å². The smallest absolute Gasteiger partial charge is 0.387 e. The molecule has 0 rings (SSSR count). The molecule has 0 fully saturated rings. The number of carbonyl (C=O) groups is 1. The Morgan fingerprint density at radius 3 is 1.56 bits per heavy atom. The Bertz CT molecular complexity index is 923. The van der Waals surface area contributed by atoms with Crippen LogP contribution in [0.4, 0.5) is 0 Å². The minimum Gasteiger partial charge on any atom is -0.387 e. The van der Waals surface area contributed by atoms with Gasteiger partial charge < -0.3 is 21.1 Å². The van der Waals surface area contributed by atoms with E-state index in [1.807, 2.05) is 6.08 Å². The molecule has 9 heteroatoms. The fourth-order valence-corrected chi connectivity index (χ4v) is 6.27. The van der Waals surface area contributed by atoms with Crippen molar-refractivity contribution in [2.24, 2.45) is 5.73 Å². The number of amides is 1. The minimum atomic E-state index is -4.35. The molecule has 0 aromatic rings. The Morgan fingerprint density at radius 2 is 1.06 bits per heavy atom. The summed E-state index contributed by atoms with van der Waals surface area (Å²) in [5, 5.41) is 13.6. The molecule has 0 bridgehead atoms. The molecule has 0 aliphatic carbocycles. The second kappa shape index (κ2) is 37.2. The quantitative estimate of drug-likeness (QED) is 0.0285. The number of aliphatic hydroxyl groups excluding tert-OH is 1. The first kappa shape index (κ1) is 48.5. The lowest BCUT2D eigenvalue weighted by Gasteiger charge is -2.23. The number of hydrogen-bond donors (Lipinski definition) is 4. The Labute approximate surface area is 307 Å². The standard InChI is InChI=1S/C41H77N2O6P/c1-3-5-7-9-11-13-15-17-18-19-20-21-23-24-26-28-30-32-34-40(44)39(38-49-50(46,47)48-37-36-42)43-41(45)35-33-31-29-27-25-22-16-14-12-10-8-6-4-2/h14,16,19-20,24,26,32,34,39-40,44H,3-13,15,17-18,21-23,25,27-31,33,35-38,42H2,1-2H3,(H,43,45)(H,46,47)/b16-14-,20-19+,26-24+,34-32+. The van der Waals surface area contributed by atoms with Gasteiger partial charge in [0.1, 0.15) is 0 Å². The molecule has 3 unspecified atom stereocenters. The molecule has 0 aromatic carbocycles. The highest BCUT2D eigenvalue weighted by molar-refractivity contribution is 7.47. The number of phosphoric acid groups is 1. The maximum Gasteiger partial charge on any atom is 0.472 e. The van der Waals surface area contributed by atoms with Crippen LogP contribution in [0.25, 0.3) is 0 Å². The first-order valence-electron chi connectivity index (χ1n) is 20.3. The number of carbonyl (C=O) groups excluding carboxylic acids is 1. The summed E-state index contributed by atoms with van der Waals surface area (Å²) in [6.45, 7) is 4.06. The minimum absolute atomic E-state index is 0.0692. The number of rotatable bonds is 37. The average Bonchev–Trinajstić information content (AvgIpc) is 3.10. The van der Waals surface area contributed by atoms with Gasteiger partial charge in [-0.25, -0.2) is 4.57 Å². The summed E-state index contributed by atoms with van der Waals surface area (Å²) in [6.07, 6.45) is 44.4. The second-order valence-corrected chi connectivity index (χ2v) is 14.9. The van der Waals surface area contributed by atoms with Crippen LogP contribution in [0.5, 0.6) is 0 Å². The Morgan fingerprint density at radius 1 is 0.640 bits per heavy atom. The lowest BCUT2D eigenvalue weighted by atomic mass is 10.1. The lowest BCUT2D eigenvalue weighted by molar-refractivity contribution is -0.123. The average molecular weight is 725 g/mol. The van der Waals surface area contributed by atoms with Crippen LogP contribution in [0.15, 0.2) is 48.6 Å². The molecule has 0 saturated carbocycles. The molecule has 5 N–H and O–H groups in total. The fourth-order valence-electron chi connectivity index (χ4n) is 5.51. The van der Waals surface area contributed by atoms with Crippen LogP contribution in [0, 0.1) is 0 Å². The fraction of sp³-hybridized carbons (Fsp3) is 0.780. The summed E-state index contributed by atoms with van der Waals surface area (Å²) in [4.78, 5) is 22.6. The molecule has 50 heavy (non-hydrogen) atoms. The van der Waals surface area contributed by atoms with Gasteiger partial charge in [-0.1, -0.05) is 146 Å². The topological polar surface area (TPSA) is 131 Å². The zero-order chi connectivity index (χ0) is 36.8. The van der Waals surface area contributed by atoms with Crippen LogP contribution in [0.2, 0.25) is 0 Å². The molecule has 0 aromatic heterocycles. The number of nitrogens with one attached hydrogen (secondary N) is 1. The molecule has 0 aliphatic rings. The summed E-state index contributed by atoms with van der Waals surface area (Å²) in [7, 11) is -4.35. The monoisotopic (exact) mass is 725 g/mol. The summed E-state index contributed by atoms with van der Waals surface area (Å²) in [5.74, 6) is -0.220. The van der Waals surface area contributed by atoms with E-state index in [0.29, 0.717) is 6.42 Å². The van der Waals surface area contributed by atoms with E-state index in [-0.39, 0.29) is 25.7 Å². The molecule has 1 amide bonds. The van der Waals surface area contributed by atoms with E-state index in [1.54, 1.807) is 6.08 Å². The lowest BCUT2D eigenvalue weighted by Crippen LogP contribution is -2.45. The molecular formula is C41H77N2O6P. The highest BCUT2D eigenvalue weighted by atomic mass is 31.2. The SMILES string of the molecule is CCCCCC/C=C\CCCCCCCC(=O)NC(COP(=O)(O)OCCN)C(O)/C=C/CC/C=C/CC/C=C/CCCCCCCCCC. The van der Waals surface area contributed by atoms with Gasteiger partial charge in [0.05, 0.1) is 25.4 Å². The van der Waals surface area contributed by atoms with E-state index in [4.69, 9.17) is 14.8 Å². The van der Waals surface area contributed by atoms with Gasteiger partial charge in [-0.05, 0) is 70.6 Å². The van der Waals surface area contributed by atoms with Crippen molar-refractivity contribution in [3.05, 3.63) is 48.6 Å². The third kappa shape index (κ3) is 34.9. The zero-order valence-electron chi connectivity index (χ0n) is 32.1. The molecule has 3 atom stereocenters. The Kier molecular flexibility index (Phi) is 36.1. The van der Waals surface area contributed by atoms with Crippen molar-refractivity contribution in [2.75, 3.05) is 19.8 Å². The third-order valence-electron chi connectivity index (χ3n) is 8.60. The van der Waals surface area contributed by atoms with Crippen molar-refractivity contribution in [1.29, 1.82) is 0 Å². The van der Waals surface area contributed by atoms with Gasteiger partial charge >= 0.3 is 7.82 Å². The largest absolute Gasteiger partial charge is 0.472 e. The van der Waals surface area contributed by atoms with Crippen molar-refractivity contribution in [3.8, 4) is 0 Å². The van der Waals surface area contributed by atoms with E-state index < -0.39 is 20.0 Å². The normalized spacial score (nSPS) is 14.7. The number of unbranched alkanes of at least 4 members (excludes halogenated alkanes) is 19. The molecule has 0 aliphatic heterocycles. The summed E-state index contributed by atoms with van der Waals surface area (Å²) in [6, 6.07) is -0.886. The number of phosphoric ester groups is 1. The number of aliphatic hydroxyl groups is 1. The number of nitrogens with two attached hydrogens (primary N) is 1. The Balaban J connectivity index is 4.38. The maximum absolute atomic E-state index is 12.7. The Hall–Kier alpha value is -1.54. The summed E-state index contributed by atoms with van der Waals surface area (Å²) < 4.78 is 22.0. The van der Waals surface area contributed by atoms with Gasteiger partial charge in [0, 0.05) is 13.0 Å². The zero-order valence-corrected chi connectivity index (χ0v) is 33.0. The van der Waals surface area contributed by atoms with Crippen LogP contribution in [-0.2, 0) is 18.4 Å². The van der Waals surface area contributed by atoms with Crippen LogP contribution < -0.4 is 11.1 Å². The third-order valence-corrected chi connectivity index (χ3v) is 9.59. The second-order valence-electron chi connectivity index (χ2n) is 13.5. The predicted octanol–water partition coefficient (Wildman–Crippen LogP) is 10.9. The van der Waals surface area contributed by atoms with Gasteiger partial charge in [-0.15, -0.1) is 0 Å². The highest BCUT2D eigenvalue weighted by Gasteiger charge is 2.26. The van der Waals surface area contributed by atoms with E-state index in [2.05, 4.69) is 55.6 Å². The first-order chi connectivity index (χ1) is 24.4. The summed E-state index contributed by atoms with van der Waals surface area (Å²) >= 11 is 0. The molecule has 0 saturated heterocycles. The van der Waals surface area contributed by atoms with Crippen LogP contribution in [0.1, 0.15) is 174 Å². The summed E-state index contributed by atoms with van der Waals surface area (Å²) in [5.41, 5.74) is 5.36. The molecule has 0 heterocycles. The van der Waals surface area contributed by atoms with Gasteiger partial charge in [-0.2, -0.15) is 0 Å². The van der Waals surface area contributed by atoms with Gasteiger partial charge in [0.25, 0.3) is 0 Å². The van der Waals surface area contributed by atoms with Crippen LogP contribution >= 0.6 is 7.82 Å². The molecule has 0 spiro atoms. The molecular weight excluding hydrogens is 647 g/mol. The number of hydrogen-bond acceptors (Lipinski definition) is 6. The van der Waals surface area contributed by atoms with Crippen molar-refractivity contribution in [1.82, 2.24) is 5.32 Å². The van der Waals surface area contributed by atoms with E-state index >= 15 is 0 Å². The van der Waals surface area contributed by atoms with Crippen LogP contribution in [0.3, 0.4) is 0 Å².